The van der Waals surface area contributed by atoms with E-state index in [0.717, 1.165) is 11.4 Å². The molecule has 18 aromatic rings. The van der Waals surface area contributed by atoms with Gasteiger partial charge >= 0.3 is 0 Å². The summed E-state index contributed by atoms with van der Waals surface area (Å²) in [5.41, 5.74) is 18.4. The van der Waals surface area contributed by atoms with Gasteiger partial charge in [-0.2, -0.15) is 0 Å². The van der Waals surface area contributed by atoms with Crippen LogP contribution in [0.15, 0.2) is 291 Å². The molecule has 83 heavy (non-hydrogen) atoms. The minimum Gasteiger partial charge on any atom is -0.309 e. The van der Waals surface area contributed by atoms with E-state index >= 15 is 0 Å². The van der Waals surface area contributed by atoms with Crippen molar-refractivity contribution in [1.29, 1.82) is 0 Å². The Balaban J connectivity index is 1.02. The fraction of sp³-hybridized carbons (Fsp3) is 0.0123. The molecular formula is C81H48N2. The van der Waals surface area contributed by atoms with Crippen LogP contribution in [-0.4, -0.2) is 9.13 Å². The van der Waals surface area contributed by atoms with Gasteiger partial charge in [0, 0.05) is 32.9 Å². The van der Waals surface area contributed by atoms with Crippen LogP contribution in [0.1, 0.15) is 22.3 Å². The van der Waals surface area contributed by atoms with Gasteiger partial charge in [0.25, 0.3) is 0 Å². The molecule has 0 saturated heterocycles. The van der Waals surface area contributed by atoms with Gasteiger partial charge in [0.2, 0.25) is 0 Å². The molecule has 382 valence electrons. The largest absolute Gasteiger partial charge is 0.309 e. The first-order valence-electron chi connectivity index (χ1n) is 29.0. The maximum Gasteiger partial charge on any atom is 0.0755 e. The summed E-state index contributed by atoms with van der Waals surface area (Å²) in [7, 11) is 0. The molecule has 2 aromatic heterocycles. The van der Waals surface area contributed by atoms with Crippen LogP contribution in [0.3, 0.4) is 0 Å². The van der Waals surface area contributed by atoms with Crippen molar-refractivity contribution in [3.8, 4) is 44.8 Å². The monoisotopic (exact) mass is 1050 g/mol. The van der Waals surface area contributed by atoms with Crippen molar-refractivity contribution in [3.63, 3.8) is 0 Å². The number of hydrogen-bond acceptors (Lipinski definition) is 0. The Kier molecular flexibility index (Phi) is 9.02. The molecule has 0 amide bonds. The summed E-state index contributed by atoms with van der Waals surface area (Å²) in [4.78, 5) is 0. The Labute approximate surface area is 478 Å². The number of nitrogens with zero attached hydrogens (tertiary/aromatic N) is 2. The van der Waals surface area contributed by atoms with Gasteiger partial charge in [-0.25, -0.2) is 0 Å². The highest BCUT2D eigenvalue weighted by Crippen LogP contribution is 2.61. The van der Waals surface area contributed by atoms with E-state index in [-0.39, 0.29) is 0 Å². The molecule has 16 aromatic carbocycles. The van der Waals surface area contributed by atoms with Crippen LogP contribution in [0.4, 0.5) is 0 Å². The van der Waals surface area contributed by atoms with Crippen molar-refractivity contribution in [2.45, 2.75) is 5.41 Å². The topological polar surface area (TPSA) is 9.86 Å². The van der Waals surface area contributed by atoms with Crippen molar-refractivity contribution in [3.05, 3.63) is 313 Å². The van der Waals surface area contributed by atoms with Crippen LogP contribution in [0.5, 0.6) is 0 Å². The highest BCUT2D eigenvalue weighted by molar-refractivity contribution is 6.27. The van der Waals surface area contributed by atoms with Crippen molar-refractivity contribution in [2.24, 2.45) is 0 Å². The van der Waals surface area contributed by atoms with Crippen molar-refractivity contribution in [1.82, 2.24) is 9.13 Å². The zero-order valence-electron chi connectivity index (χ0n) is 45.1. The average Bonchev–Trinajstić information content (AvgIpc) is 1.66. The second-order valence-corrected chi connectivity index (χ2v) is 23.0. The first-order valence-corrected chi connectivity index (χ1v) is 29.0. The van der Waals surface area contributed by atoms with Crippen LogP contribution < -0.4 is 0 Å². The molecule has 0 atom stereocenters. The molecule has 2 heterocycles. The molecule has 1 aliphatic carbocycles. The minimum atomic E-state index is -0.926. The lowest BCUT2D eigenvalue weighted by atomic mass is 9.66. The van der Waals surface area contributed by atoms with Crippen LogP contribution >= 0.6 is 0 Å². The predicted molar refractivity (Wildman–Crippen MR) is 351 cm³/mol. The molecular weight excluding hydrogens is 1000 g/mol. The second kappa shape index (κ2) is 16.6. The highest BCUT2D eigenvalue weighted by atomic mass is 15.0. The Morgan fingerprint density at radius 1 is 0.217 bits per heavy atom. The summed E-state index contributed by atoms with van der Waals surface area (Å²) in [6.07, 6.45) is 0. The van der Waals surface area contributed by atoms with E-state index in [1.165, 1.54) is 164 Å². The molecule has 2 nitrogen and oxygen atoms in total. The standard InChI is InChI=1S/C81H48N2/c1-3-19-57(20-4-1)82-73-29-9-7-23-63(73)67-25-13-27-69(79(67)82)81(70-28-14-26-68-64-24-8-10-30-74(64)83(80(68)70)58-21-5-2-6-22-58)71-47-55(59-41-35-53-33-31-49-15-11-17-51-37-45-65(59)77(53)75(49)51)39-43-61(71)62-44-40-56(48-72(62)81)60-42-36-54-34-32-50-16-12-18-52-38-46-66(60)78(54)76(50)52/h1-48H. The van der Waals surface area contributed by atoms with Gasteiger partial charge in [-0.15, -0.1) is 0 Å². The number of hydrogen-bond donors (Lipinski definition) is 0. The molecule has 0 radical (unpaired) electrons. The van der Waals surface area contributed by atoms with E-state index in [2.05, 4.69) is 300 Å². The fourth-order valence-electron chi connectivity index (χ4n) is 15.7. The van der Waals surface area contributed by atoms with Crippen LogP contribution in [0.2, 0.25) is 0 Å². The number of para-hydroxylation sites is 6. The molecule has 0 unspecified atom stereocenters. The van der Waals surface area contributed by atoms with Gasteiger partial charge < -0.3 is 9.13 Å². The lowest BCUT2D eigenvalue weighted by Gasteiger charge is -2.36. The zero-order valence-corrected chi connectivity index (χ0v) is 45.1. The lowest BCUT2D eigenvalue weighted by Crippen LogP contribution is -2.30. The zero-order chi connectivity index (χ0) is 54.1. The van der Waals surface area contributed by atoms with Gasteiger partial charge in [0.1, 0.15) is 0 Å². The van der Waals surface area contributed by atoms with Crippen LogP contribution in [0.25, 0.3) is 153 Å². The molecule has 0 spiro atoms. The predicted octanol–water partition coefficient (Wildman–Crippen LogP) is 21.4. The summed E-state index contributed by atoms with van der Waals surface area (Å²) < 4.78 is 5.11. The highest BCUT2D eigenvalue weighted by Gasteiger charge is 2.50. The maximum absolute atomic E-state index is 2.60. The summed E-state index contributed by atoms with van der Waals surface area (Å²) in [5.74, 6) is 0. The van der Waals surface area contributed by atoms with E-state index in [9.17, 15) is 0 Å². The third-order valence-corrected chi connectivity index (χ3v) is 19.0. The lowest BCUT2D eigenvalue weighted by molar-refractivity contribution is 0.776. The Morgan fingerprint density at radius 3 is 1.01 bits per heavy atom. The van der Waals surface area contributed by atoms with Crippen molar-refractivity contribution < 1.29 is 0 Å². The summed E-state index contributed by atoms with van der Waals surface area (Å²) >= 11 is 0. The van der Waals surface area contributed by atoms with Crippen LogP contribution in [0, 0.1) is 0 Å². The summed E-state index contributed by atoms with van der Waals surface area (Å²) in [6.45, 7) is 0. The van der Waals surface area contributed by atoms with Crippen LogP contribution in [-0.2, 0) is 5.41 Å². The summed E-state index contributed by atoms with van der Waals surface area (Å²) in [6, 6.07) is 111. The Morgan fingerprint density at radius 2 is 0.566 bits per heavy atom. The molecule has 0 N–H and O–H groups in total. The third kappa shape index (κ3) is 5.96. The molecule has 0 aliphatic heterocycles. The van der Waals surface area contributed by atoms with Crippen molar-refractivity contribution in [2.75, 3.05) is 0 Å². The summed E-state index contributed by atoms with van der Waals surface area (Å²) in [5, 5.41) is 20.3. The smallest absolute Gasteiger partial charge is 0.0755 e. The first kappa shape index (κ1) is 45.0. The number of benzene rings is 16. The first-order chi connectivity index (χ1) is 41.2. The van der Waals surface area contributed by atoms with Gasteiger partial charge in [-0.3, -0.25) is 0 Å². The third-order valence-electron chi connectivity index (χ3n) is 19.0. The maximum atomic E-state index is 2.60. The Hall–Kier alpha value is -10.8. The number of rotatable bonds is 6. The molecule has 1 aliphatic rings. The molecule has 19 rings (SSSR count). The second-order valence-electron chi connectivity index (χ2n) is 23.0. The van der Waals surface area contributed by atoms with Gasteiger partial charge in [0.15, 0.2) is 0 Å². The average molecular weight is 1050 g/mol. The van der Waals surface area contributed by atoms with Crippen molar-refractivity contribution >= 4 is 108 Å². The molecule has 0 fully saturated rings. The SMILES string of the molecule is c1ccc(-n2c3ccccc3c3cccc(C4(c5cccc6c7ccccc7n(-c7ccccc7)c56)c5cc(-c6ccc7ccc8cccc9ccc6c7c89)ccc5-c5ccc(-c6ccc7ccc8cccc9ccc6c7c89)cc54)c32)cc1. The van der Waals surface area contributed by atoms with E-state index in [0.29, 0.717) is 0 Å². The van der Waals surface area contributed by atoms with Gasteiger partial charge in [-0.1, -0.05) is 243 Å². The molecule has 2 heteroatoms. The van der Waals surface area contributed by atoms with E-state index in [1.54, 1.807) is 0 Å². The number of fused-ring (bicyclic) bond motifs is 9. The fourth-order valence-corrected chi connectivity index (χ4v) is 15.7. The quantitative estimate of drug-likeness (QED) is 0.147. The van der Waals surface area contributed by atoms with Gasteiger partial charge in [-0.05, 0) is 169 Å². The molecule has 0 bridgehead atoms. The Bertz CT molecular complexity index is 5350. The van der Waals surface area contributed by atoms with E-state index in [1.807, 2.05) is 0 Å². The van der Waals surface area contributed by atoms with Gasteiger partial charge in [0.05, 0.1) is 27.5 Å². The number of aromatic nitrogens is 2. The molecule has 0 saturated carbocycles. The van der Waals surface area contributed by atoms with E-state index in [4.69, 9.17) is 0 Å². The minimum absolute atomic E-state index is 0.926. The normalized spacial score (nSPS) is 13.2. The van der Waals surface area contributed by atoms with E-state index < -0.39 is 5.41 Å².